The van der Waals surface area contributed by atoms with E-state index in [1.165, 1.54) is 18.3 Å². The van der Waals surface area contributed by atoms with E-state index in [1.807, 2.05) is 13.8 Å². The minimum Gasteiger partial charge on any atom is -0.478 e. The smallest absolute Gasteiger partial charge is 0.337 e. The summed E-state index contributed by atoms with van der Waals surface area (Å²) in [5.74, 6) is -2.17. The molecule has 0 bridgehead atoms. The normalized spacial score (nSPS) is 9.55. The maximum atomic E-state index is 11.1. The van der Waals surface area contributed by atoms with Crippen molar-refractivity contribution in [2.45, 2.75) is 23.8 Å². The van der Waals surface area contributed by atoms with E-state index in [9.17, 15) is 9.59 Å². The van der Waals surface area contributed by atoms with Crippen LogP contribution in [0.15, 0.2) is 46.5 Å². The van der Waals surface area contributed by atoms with E-state index >= 15 is 0 Å². The second-order valence-electron chi connectivity index (χ2n) is 3.83. The number of carboxylic acids is 2. The number of aromatic carboxylic acids is 2. The fourth-order valence-corrected chi connectivity index (χ4v) is 2.41. The summed E-state index contributed by atoms with van der Waals surface area (Å²) in [6, 6.07) is 7.74. The number of nitrogens with two attached hydrogens (primary N) is 1. The average Bonchev–Trinajstić information content (AvgIpc) is 2.51. The third kappa shape index (κ3) is 4.23. The van der Waals surface area contributed by atoms with Crippen molar-refractivity contribution >= 4 is 29.4 Å². The number of anilines is 1. The number of hydrogen-bond donors (Lipinski definition) is 3. The Morgan fingerprint density at radius 1 is 1.14 bits per heavy atom. The molecule has 0 saturated heterocycles. The Balaban J connectivity index is 0.00000116. The number of carbonyl (C=O) groups is 2. The van der Waals surface area contributed by atoms with Crippen molar-refractivity contribution in [1.82, 2.24) is 4.98 Å². The van der Waals surface area contributed by atoms with Gasteiger partial charge in [0.25, 0.3) is 0 Å². The lowest BCUT2D eigenvalue weighted by Crippen LogP contribution is -2.02. The summed E-state index contributed by atoms with van der Waals surface area (Å²) in [5.41, 5.74) is 6.05. The number of rotatable bonds is 4. The molecule has 7 heteroatoms. The van der Waals surface area contributed by atoms with E-state index in [2.05, 4.69) is 4.98 Å². The topological polar surface area (TPSA) is 114 Å². The largest absolute Gasteiger partial charge is 0.478 e. The van der Waals surface area contributed by atoms with Crippen LogP contribution in [0.5, 0.6) is 0 Å². The van der Waals surface area contributed by atoms with Crippen LogP contribution in [-0.4, -0.2) is 27.1 Å². The minimum atomic E-state index is -1.12. The zero-order valence-corrected chi connectivity index (χ0v) is 12.9. The molecule has 0 amide bonds. The summed E-state index contributed by atoms with van der Waals surface area (Å²) in [6.07, 6.45) is 1.18. The highest BCUT2D eigenvalue weighted by atomic mass is 32.2. The van der Waals surface area contributed by atoms with Gasteiger partial charge in [-0.3, -0.25) is 0 Å². The van der Waals surface area contributed by atoms with Gasteiger partial charge in [0, 0.05) is 11.1 Å². The van der Waals surface area contributed by atoms with E-state index in [4.69, 9.17) is 15.9 Å². The second-order valence-corrected chi connectivity index (χ2v) is 4.86. The number of nitrogens with zero attached hydrogens (tertiary/aromatic N) is 1. The van der Waals surface area contributed by atoms with Crippen LogP contribution in [0.2, 0.25) is 0 Å². The molecule has 1 aromatic carbocycles. The van der Waals surface area contributed by atoms with Gasteiger partial charge in [-0.25, -0.2) is 14.6 Å². The lowest BCUT2D eigenvalue weighted by Gasteiger charge is -2.07. The quantitative estimate of drug-likeness (QED) is 0.792. The number of nitrogen functional groups attached to an aromatic ring is 1. The van der Waals surface area contributed by atoms with Crippen molar-refractivity contribution < 1.29 is 19.8 Å². The maximum Gasteiger partial charge on any atom is 0.337 e. The molecule has 2 rings (SSSR count). The van der Waals surface area contributed by atoms with Crippen LogP contribution in [0.3, 0.4) is 0 Å². The molecule has 0 radical (unpaired) electrons. The van der Waals surface area contributed by atoms with Gasteiger partial charge in [0.2, 0.25) is 0 Å². The molecule has 116 valence electrons. The Bertz CT molecular complexity index is 689. The molecule has 0 aliphatic carbocycles. The fourth-order valence-electron chi connectivity index (χ4n) is 1.51. The van der Waals surface area contributed by atoms with Gasteiger partial charge in [0.1, 0.15) is 5.03 Å². The van der Waals surface area contributed by atoms with Crippen LogP contribution < -0.4 is 5.73 Å². The molecule has 1 heterocycles. The molecule has 22 heavy (non-hydrogen) atoms. The van der Waals surface area contributed by atoms with Crippen LogP contribution in [0.1, 0.15) is 34.6 Å². The van der Waals surface area contributed by atoms with E-state index in [1.54, 1.807) is 18.2 Å². The number of hydrogen-bond acceptors (Lipinski definition) is 5. The van der Waals surface area contributed by atoms with Crippen molar-refractivity contribution in [1.29, 1.82) is 0 Å². The third-order valence-corrected chi connectivity index (χ3v) is 3.56. The molecule has 0 aliphatic rings. The highest BCUT2D eigenvalue weighted by Crippen LogP contribution is 2.32. The van der Waals surface area contributed by atoms with Gasteiger partial charge < -0.3 is 15.9 Å². The van der Waals surface area contributed by atoms with Crippen molar-refractivity contribution in [2.75, 3.05) is 5.73 Å². The number of aromatic nitrogens is 1. The van der Waals surface area contributed by atoms with Gasteiger partial charge in [0.05, 0.1) is 16.8 Å². The highest BCUT2D eigenvalue weighted by Gasteiger charge is 2.13. The predicted octanol–water partition coefficient (Wildman–Crippen LogP) is 3.24. The average molecular weight is 320 g/mol. The third-order valence-electron chi connectivity index (χ3n) is 2.45. The Morgan fingerprint density at radius 2 is 1.77 bits per heavy atom. The molecule has 0 atom stereocenters. The first-order valence-electron chi connectivity index (χ1n) is 6.48. The standard InChI is InChI=1S/C13H10N2O4S.C2H6/c14-9-5-7(12(16)17)6-15-11(9)20-10-4-2-1-3-8(10)13(18)19;1-2/h1-6H,14H2,(H,16,17)(H,18,19);1-2H3. The molecule has 1 aromatic heterocycles. The van der Waals surface area contributed by atoms with Crippen molar-refractivity contribution in [3.8, 4) is 0 Å². The van der Waals surface area contributed by atoms with E-state index in [-0.39, 0.29) is 16.8 Å². The molecular weight excluding hydrogens is 304 g/mol. The molecule has 0 spiro atoms. The Hall–Kier alpha value is -2.54. The van der Waals surface area contributed by atoms with Crippen molar-refractivity contribution in [2.24, 2.45) is 0 Å². The van der Waals surface area contributed by atoms with Crippen LogP contribution >= 0.6 is 11.8 Å². The van der Waals surface area contributed by atoms with Crippen LogP contribution in [0.4, 0.5) is 5.69 Å². The lowest BCUT2D eigenvalue weighted by atomic mass is 10.2. The first-order valence-corrected chi connectivity index (χ1v) is 7.29. The van der Waals surface area contributed by atoms with Crippen molar-refractivity contribution in [3.63, 3.8) is 0 Å². The van der Waals surface area contributed by atoms with E-state index in [0.717, 1.165) is 11.8 Å². The molecular formula is C15H16N2O4S. The second kappa shape index (κ2) is 8.04. The molecule has 0 unspecified atom stereocenters. The molecule has 4 N–H and O–H groups in total. The summed E-state index contributed by atoms with van der Waals surface area (Å²) in [5, 5.41) is 18.3. The zero-order valence-electron chi connectivity index (χ0n) is 12.1. The molecule has 6 nitrogen and oxygen atoms in total. The molecule has 0 fully saturated rings. The summed E-state index contributed by atoms with van der Waals surface area (Å²) >= 11 is 1.08. The van der Waals surface area contributed by atoms with Gasteiger partial charge in [-0.15, -0.1) is 0 Å². The Labute approximate surface area is 132 Å². The van der Waals surface area contributed by atoms with E-state index in [0.29, 0.717) is 9.92 Å². The summed E-state index contributed by atoms with van der Waals surface area (Å²) in [7, 11) is 0. The van der Waals surface area contributed by atoms with Gasteiger partial charge >= 0.3 is 11.9 Å². The fraction of sp³-hybridized carbons (Fsp3) is 0.133. The summed E-state index contributed by atoms with van der Waals surface area (Å²) in [6.45, 7) is 4.00. The lowest BCUT2D eigenvalue weighted by molar-refractivity contribution is 0.0684. The first-order chi connectivity index (χ1) is 10.5. The van der Waals surface area contributed by atoms with Crippen LogP contribution in [0.25, 0.3) is 0 Å². The summed E-state index contributed by atoms with van der Waals surface area (Å²) in [4.78, 5) is 26.3. The molecule has 2 aromatic rings. The summed E-state index contributed by atoms with van der Waals surface area (Å²) < 4.78 is 0. The van der Waals surface area contributed by atoms with Gasteiger partial charge in [-0.05, 0) is 18.2 Å². The van der Waals surface area contributed by atoms with Crippen LogP contribution in [0, 0.1) is 0 Å². The number of carboxylic acid groups (broad SMARTS) is 2. The minimum absolute atomic E-state index is 0.0154. The van der Waals surface area contributed by atoms with E-state index < -0.39 is 11.9 Å². The first kappa shape index (κ1) is 17.5. The zero-order chi connectivity index (χ0) is 16.7. The molecule has 0 saturated carbocycles. The van der Waals surface area contributed by atoms with Crippen molar-refractivity contribution in [3.05, 3.63) is 47.7 Å². The molecule has 0 aliphatic heterocycles. The van der Waals surface area contributed by atoms with Crippen LogP contribution in [-0.2, 0) is 0 Å². The van der Waals surface area contributed by atoms with Gasteiger partial charge in [-0.1, -0.05) is 37.7 Å². The predicted molar refractivity (Wildman–Crippen MR) is 84.5 cm³/mol. The number of benzene rings is 1. The number of pyridine rings is 1. The SMILES string of the molecule is CC.Nc1cc(C(=O)O)cnc1Sc1ccccc1C(=O)O. The maximum absolute atomic E-state index is 11.1. The Kier molecular flexibility index (Phi) is 6.40. The highest BCUT2D eigenvalue weighted by molar-refractivity contribution is 7.99. The van der Waals surface area contributed by atoms with Gasteiger partial charge in [-0.2, -0.15) is 0 Å². The monoisotopic (exact) mass is 320 g/mol. The Morgan fingerprint density at radius 3 is 2.32 bits per heavy atom. The van der Waals surface area contributed by atoms with Gasteiger partial charge in [0.15, 0.2) is 0 Å².